The van der Waals surface area contributed by atoms with E-state index in [4.69, 9.17) is 4.74 Å². The van der Waals surface area contributed by atoms with Gasteiger partial charge in [0.2, 0.25) is 0 Å². The minimum atomic E-state index is 0.453. The molecule has 2 heterocycles. The molecule has 5 heteroatoms. The van der Waals surface area contributed by atoms with Gasteiger partial charge < -0.3 is 15.0 Å². The SMILES string of the molecule is CCCC1CCCN(c2cc(NC)nc(COC)n2)CC1. The molecule has 1 saturated heterocycles. The van der Waals surface area contributed by atoms with Crippen LogP contribution in [0.15, 0.2) is 6.07 Å². The van der Waals surface area contributed by atoms with Crippen LogP contribution in [0.3, 0.4) is 0 Å². The van der Waals surface area contributed by atoms with Gasteiger partial charge in [0.15, 0.2) is 5.82 Å². The van der Waals surface area contributed by atoms with Crippen molar-refractivity contribution in [3.63, 3.8) is 0 Å². The van der Waals surface area contributed by atoms with Crippen molar-refractivity contribution in [2.24, 2.45) is 5.92 Å². The maximum Gasteiger partial charge on any atom is 0.158 e. The molecule has 1 fully saturated rings. The van der Waals surface area contributed by atoms with Crippen molar-refractivity contribution in [1.29, 1.82) is 0 Å². The van der Waals surface area contributed by atoms with Gasteiger partial charge >= 0.3 is 0 Å². The van der Waals surface area contributed by atoms with Gasteiger partial charge in [-0.15, -0.1) is 0 Å². The van der Waals surface area contributed by atoms with Gasteiger partial charge in [-0.05, 0) is 25.2 Å². The van der Waals surface area contributed by atoms with Crippen molar-refractivity contribution in [3.05, 3.63) is 11.9 Å². The van der Waals surface area contributed by atoms with Crippen LogP contribution in [0.2, 0.25) is 0 Å². The Balaban J connectivity index is 2.11. The van der Waals surface area contributed by atoms with Gasteiger partial charge in [-0.25, -0.2) is 9.97 Å². The Morgan fingerprint density at radius 2 is 2.19 bits per heavy atom. The number of methoxy groups -OCH3 is 1. The zero-order valence-corrected chi connectivity index (χ0v) is 13.6. The molecule has 1 N–H and O–H groups in total. The number of anilines is 2. The standard InChI is InChI=1S/C16H28N4O/c1-4-6-13-7-5-9-20(10-8-13)16-11-14(17-2)18-15(19-16)12-21-3/h11,13H,4-10,12H2,1-3H3,(H,17,18,19). The maximum absolute atomic E-state index is 5.17. The number of aromatic nitrogens is 2. The molecule has 1 atom stereocenters. The van der Waals surface area contributed by atoms with Gasteiger partial charge in [0.25, 0.3) is 0 Å². The lowest BCUT2D eigenvalue weighted by Crippen LogP contribution is -2.26. The summed E-state index contributed by atoms with van der Waals surface area (Å²) in [6.45, 7) is 4.92. The molecule has 0 amide bonds. The molecule has 1 aliphatic rings. The number of nitrogens with zero attached hydrogens (tertiary/aromatic N) is 3. The summed E-state index contributed by atoms with van der Waals surface area (Å²) in [7, 11) is 3.57. The van der Waals surface area contributed by atoms with E-state index < -0.39 is 0 Å². The zero-order valence-electron chi connectivity index (χ0n) is 13.6. The fourth-order valence-corrected chi connectivity index (χ4v) is 3.06. The monoisotopic (exact) mass is 292 g/mol. The zero-order chi connectivity index (χ0) is 15.1. The highest BCUT2D eigenvalue weighted by Crippen LogP contribution is 2.25. The molecule has 0 radical (unpaired) electrons. The topological polar surface area (TPSA) is 50.3 Å². The molecule has 1 aliphatic heterocycles. The molecule has 118 valence electrons. The summed E-state index contributed by atoms with van der Waals surface area (Å²) >= 11 is 0. The molecule has 0 bridgehead atoms. The molecule has 0 saturated carbocycles. The van der Waals surface area contributed by atoms with Crippen LogP contribution in [0.25, 0.3) is 0 Å². The predicted octanol–water partition coefficient (Wildman–Crippen LogP) is 3.07. The molecule has 0 aliphatic carbocycles. The lowest BCUT2D eigenvalue weighted by atomic mass is 9.96. The number of hydrogen-bond donors (Lipinski definition) is 1. The second-order valence-electron chi connectivity index (χ2n) is 5.78. The van der Waals surface area contributed by atoms with E-state index in [-0.39, 0.29) is 0 Å². The first-order valence-electron chi connectivity index (χ1n) is 8.06. The van der Waals surface area contributed by atoms with Crippen LogP contribution in [0.1, 0.15) is 44.9 Å². The molecule has 21 heavy (non-hydrogen) atoms. The maximum atomic E-state index is 5.17. The molecule has 1 unspecified atom stereocenters. The van der Waals surface area contributed by atoms with Crippen LogP contribution >= 0.6 is 0 Å². The predicted molar refractivity (Wildman–Crippen MR) is 86.8 cm³/mol. The fourth-order valence-electron chi connectivity index (χ4n) is 3.06. The fraction of sp³-hybridized carbons (Fsp3) is 0.750. The first kappa shape index (κ1) is 16.0. The van der Waals surface area contributed by atoms with Gasteiger partial charge in [0.1, 0.15) is 18.2 Å². The quantitative estimate of drug-likeness (QED) is 0.873. The van der Waals surface area contributed by atoms with E-state index in [9.17, 15) is 0 Å². The van der Waals surface area contributed by atoms with E-state index in [1.165, 1.54) is 32.1 Å². The van der Waals surface area contributed by atoms with E-state index >= 15 is 0 Å². The van der Waals surface area contributed by atoms with Crippen LogP contribution in [0, 0.1) is 5.92 Å². The van der Waals surface area contributed by atoms with Gasteiger partial charge in [-0.3, -0.25) is 0 Å². The van der Waals surface area contributed by atoms with Crippen molar-refractivity contribution >= 4 is 11.6 Å². The average molecular weight is 292 g/mol. The summed E-state index contributed by atoms with van der Waals surface area (Å²) in [5.41, 5.74) is 0. The van der Waals surface area contributed by atoms with E-state index in [2.05, 4.69) is 27.1 Å². The van der Waals surface area contributed by atoms with Gasteiger partial charge in [0.05, 0.1) is 0 Å². The molecule has 0 spiro atoms. The Morgan fingerprint density at radius 3 is 2.90 bits per heavy atom. The van der Waals surface area contributed by atoms with Gasteiger partial charge in [0, 0.05) is 33.3 Å². The number of hydrogen-bond acceptors (Lipinski definition) is 5. The average Bonchev–Trinajstić information content (AvgIpc) is 2.73. The van der Waals surface area contributed by atoms with E-state index in [0.717, 1.165) is 36.5 Å². The van der Waals surface area contributed by atoms with Crippen LogP contribution in [0.4, 0.5) is 11.6 Å². The normalized spacial score (nSPS) is 19.4. The Hall–Kier alpha value is -1.36. The van der Waals surface area contributed by atoms with Crippen LogP contribution in [0.5, 0.6) is 0 Å². The van der Waals surface area contributed by atoms with Crippen molar-refractivity contribution < 1.29 is 4.74 Å². The smallest absolute Gasteiger partial charge is 0.158 e. The Kier molecular flexibility index (Phi) is 6.23. The van der Waals surface area contributed by atoms with Crippen LogP contribution in [-0.4, -0.2) is 37.2 Å². The van der Waals surface area contributed by atoms with Crippen molar-refractivity contribution in [1.82, 2.24) is 9.97 Å². The second-order valence-corrected chi connectivity index (χ2v) is 5.78. The summed E-state index contributed by atoms with van der Waals surface area (Å²) in [5, 5.41) is 3.12. The van der Waals surface area contributed by atoms with Gasteiger partial charge in [-0.2, -0.15) is 0 Å². The summed E-state index contributed by atoms with van der Waals surface area (Å²) in [4.78, 5) is 11.5. The summed E-state index contributed by atoms with van der Waals surface area (Å²) in [6.07, 6.45) is 6.52. The summed E-state index contributed by atoms with van der Waals surface area (Å²) < 4.78 is 5.17. The third-order valence-electron chi connectivity index (χ3n) is 4.16. The third kappa shape index (κ3) is 4.56. The molecule has 1 aromatic rings. The lowest BCUT2D eigenvalue weighted by Gasteiger charge is -2.22. The molecule has 5 nitrogen and oxygen atoms in total. The Bertz CT molecular complexity index is 438. The summed E-state index contributed by atoms with van der Waals surface area (Å²) in [6, 6.07) is 2.04. The van der Waals surface area contributed by atoms with Crippen molar-refractivity contribution in [2.75, 3.05) is 37.5 Å². The van der Waals surface area contributed by atoms with Crippen molar-refractivity contribution in [2.45, 2.75) is 45.6 Å². The van der Waals surface area contributed by atoms with Crippen LogP contribution in [-0.2, 0) is 11.3 Å². The first-order chi connectivity index (χ1) is 10.3. The van der Waals surface area contributed by atoms with E-state index in [0.29, 0.717) is 6.61 Å². The third-order valence-corrected chi connectivity index (χ3v) is 4.16. The molecular formula is C16H28N4O. The van der Waals surface area contributed by atoms with E-state index in [1.807, 2.05) is 13.1 Å². The minimum absolute atomic E-state index is 0.453. The molecule has 2 rings (SSSR count). The number of rotatable bonds is 6. The largest absolute Gasteiger partial charge is 0.377 e. The second kappa shape index (κ2) is 8.17. The number of nitrogens with one attached hydrogen (secondary N) is 1. The Morgan fingerprint density at radius 1 is 1.33 bits per heavy atom. The molecule has 0 aromatic carbocycles. The van der Waals surface area contributed by atoms with Crippen LogP contribution < -0.4 is 10.2 Å². The molecular weight excluding hydrogens is 264 g/mol. The van der Waals surface area contributed by atoms with E-state index in [1.54, 1.807) is 7.11 Å². The Labute approximate surface area is 128 Å². The van der Waals surface area contributed by atoms with Gasteiger partial charge in [-0.1, -0.05) is 19.8 Å². The highest BCUT2D eigenvalue weighted by Gasteiger charge is 2.18. The van der Waals surface area contributed by atoms with Crippen molar-refractivity contribution in [3.8, 4) is 0 Å². The lowest BCUT2D eigenvalue weighted by molar-refractivity contribution is 0.178. The minimum Gasteiger partial charge on any atom is -0.377 e. The molecule has 1 aromatic heterocycles. The highest BCUT2D eigenvalue weighted by molar-refractivity contribution is 5.49. The number of ether oxygens (including phenoxy) is 1. The highest BCUT2D eigenvalue weighted by atomic mass is 16.5. The summed E-state index contributed by atoms with van der Waals surface area (Å²) in [5.74, 6) is 3.51. The first-order valence-corrected chi connectivity index (χ1v) is 8.06.